The third-order valence-corrected chi connectivity index (χ3v) is 18.1. The summed E-state index contributed by atoms with van der Waals surface area (Å²) in [5.74, 6) is 0. The minimum atomic E-state index is 0. The molecule has 0 spiro atoms. The summed E-state index contributed by atoms with van der Waals surface area (Å²) in [4.78, 5) is 13.5. The van der Waals surface area contributed by atoms with E-state index in [2.05, 4.69) is 143 Å². The van der Waals surface area contributed by atoms with Gasteiger partial charge in [-0.2, -0.15) is 17.9 Å². The first-order valence-corrected chi connectivity index (χ1v) is 36.8. The van der Waals surface area contributed by atoms with Gasteiger partial charge in [-0.3, -0.25) is 9.91 Å². The summed E-state index contributed by atoms with van der Waals surface area (Å²) >= 11 is 0. The molecule has 0 aromatic rings. The Morgan fingerprint density at radius 1 is 0.422 bits per heavy atom. The van der Waals surface area contributed by atoms with Crippen LogP contribution < -0.4 is 86.2 Å². The zero-order valence-corrected chi connectivity index (χ0v) is 62.3. The number of unbranched alkanes of at least 4 members (excludes halogenated alkanes) is 4. The number of nitrogens with one attached hydrogen (secondary N) is 2. The SMILES string of the molecule is C1CCN(C2CCNCC2)C1.C1CCN(C2CC[N-]CC2)C1.C1CCN(C2CC[N-]CC2)C1.C=CC=C.C=CC=C.CCCC.CCCC(NN1CCCCC1)N1CCC(N2CCCC2)CC1.CCCC=NN1CCCCC1.[CH2-]CCC.[CH2-]CCC.[Li+].[Li+].[Li+].[Li+]. The van der Waals surface area contributed by atoms with E-state index in [1.807, 2.05) is 6.21 Å². The third-order valence-electron chi connectivity index (χ3n) is 18.1. The van der Waals surface area contributed by atoms with E-state index in [-0.39, 0.29) is 75.4 Å². The maximum atomic E-state index is 4.38. The fourth-order valence-corrected chi connectivity index (χ4v) is 12.5. The van der Waals surface area contributed by atoms with Crippen molar-refractivity contribution in [2.45, 2.75) is 277 Å². The summed E-state index contributed by atoms with van der Waals surface area (Å²) in [5, 5.41) is 21.2. The number of likely N-dealkylation sites (tertiary alicyclic amines) is 5. The molecule has 1 atom stereocenters. The normalized spacial score (nSPS) is 21.5. The van der Waals surface area contributed by atoms with Crippen molar-refractivity contribution < 1.29 is 75.4 Å². The van der Waals surface area contributed by atoms with Gasteiger partial charge in [-0.25, -0.2) is 10.4 Å². The minimum absolute atomic E-state index is 0. The van der Waals surface area contributed by atoms with E-state index in [1.54, 1.807) is 24.3 Å². The van der Waals surface area contributed by atoms with Crippen molar-refractivity contribution >= 4 is 6.21 Å². The Morgan fingerprint density at radius 3 is 1.06 bits per heavy atom. The molecule has 10 saturated heterocycles. The Hall–Kier alpha value is 0.420. The average molecular weight is 1230 g/mol. The predicted molar refractivity (Wildman–Crippen MR) is 384 cm³/mol. The first-order valence-electron chi connectivity index (χ1n) is 36.8. The second-order valence-electron chi connectivity index (χ2n) is 25.3. The molecule has 0 radical (unpaired) electrons. The summed E-state index contributed by atoms with van der Waals surface area (Å²) in [5.41, 5.74) is 3.86. The van der Waals surface area contributed by atoms with Crippen LogP contribution in [0.5, 0.6) is 0 Å². The fourth-order valence-electron chi connectivity index (χ4n) is 12.5. The van der Waals surface area contributed by atoms with Gasteiger partial charge in [-0.15, -0.1) is 26.2 Å². The monoisotopic (exact) mass is 1230 g/mol. The van der Waals surface area contributed by atoms with E-state index in [0.29, 0.717) is 6.17 Å². The molecule has 2 N–H and O–H groups in total. The van der Waals surface area contributed by atoms with Gasteiger partial charge in [-0.05, 0) is 187 Å². The van der Waals surface area contributed by atoms with Crippen LogP contribution in [0.4, 0.5) is 0 Å². The van der Waals surface area contributed by atoms with E-state index in [9.17, 15) is 0 Å². The average Bonchev–Trinajstić information content (AvgIpc) is 4.57. The summed E-state index contributed by atoms with van der Waals surface area (Å²) in [6, 6.07) is 3.56. The van der Waals surface area contributed by atoms with Crippen LogP contribution in [0.2, 0.25) is 0 Å². The number of piperidine rings is 6. The van der Waals surface area contributed by atoms with Gasteiger partial charge in [0.1, 0.15) is 0 Å². The number of hydrazone groups is 1. The Labute approximate surface area is 610 Å². The molecule has 10 heterocycles. The van der Waals surface area contributed by atoms with E-state index in [1.165, 1.54) is 291 Å². The molecule has 0 bridgehead atoms. The number of allylic oxidation sites excluding steroid dienone is 4. The van der Waals surface area contributed by atoms with Crippen molar-refractivity contribution in [2.24, 2.45) is 5.10 Å². The maximum absolute atomic E-state index is 4.38. The van der Waals surface area contributed by atoms with Crippen LogP contribution in [0, 0.1) is 13.8 Å². The van der Waals surface area contributed by atoms with Crippen LogP contribution in [0.25, 0.3) is 10.6 Å². The Balaban J connectivity index is -0.000000483. The summed E-state index contributed by atoms with van der Waals surface area (Å²) in [6.07, 6.45) is 51.6. The number of rotatable bonds is 17. The molecular formula is C74H146Li4N12. The number of hydrogen-bond donors (Lipinski definition) is 2. The summed E-state index contributed by atoms with van der Waals surface area (Å²) < 4.78 is 0. The standard InChI is InChI=1S/C18H36N4.C9H18N2.2C9H17N2.C9H18N2.C4H10.2C4H9.2C4H6.4Li/c1-2-8-18(19-22-13-4-3-5-14-22)21-15-9-17(10-16-21)20-11-6-7-12-20;3*1-2-8-11(7-1)9-3-5-10-6-4-9;1-2-3-7-10-11-8-5-4-6-9-11;5*1-3-4-2;;;;/h17-19H,2-16H2,1H3;9-10H,1-8H2;2*9H,1-8H2;7H,2-6,8-9H2,1H3;3-4H2,1-2H3;2*1,3-4H2,2H3;2*3-4H,1-2H2;;;;/q;;2*-1;;;2*-1;;;4*+1. The molecule has 10 fully saturated rings. The second kappa shape index (κ2) is 72.2. The number of hydrogen-bond acceptors (Lipinski definition) is 10. The number of hydrazine groups is 1. The molecule has 10 aliphatic heterocycles. The van der Waals surface area contributed by atoms with Crippen LogP contribution in [0.15, 0.2) is 55.7 Å². The quantitative estimate of drug-likeness (QED) is 0.0928. The van der Waals surface area contributed by atoms with Gasteiger partial charge in [0.25, 0.3) is 0 Å². The molecule has 0 aromatic heterocycles. The zero-order chi connectivity index (χ0) is 62.8. The van der Waals surface area contributed by atoms with Crippen LogP contribution in [-0.2, 0) is 0 Å². The molecule has 12 nitrogen and oxygen atoms in total. The molecule has 0 saturated carbocycles. The molecule has 0 amide bonds. The van der Waals surface area contributed by atoms with Gasteiger partial charge >= 0.3 is 75.4 Å². The van der Waals surface area contributed by atoms with Crippen molar-refractivity contribution in [2.75, 3.05) is 131 Å². The van der Waals surface area contributed by atoms with Gasteiger partial charge in [-0.1, -0.05) is 163 Å². The third kappa shape index (κ3) is 50.7. The molecule has 90 heavy (non-hydrogen) atoms. The van der Waals surface area contributed by atoms with E-state index in [0.717, 1.165) is 69.6 Å². The van der Waals surface area contributed by atoms with Crippen molar-refractivity contribution in [3.8, 4) is 0 Å². The first kappa shape index (κ1) is 96.8. The number of nitrogens with zero attached hydrogens (tertiary/aromatic N) is 10. The van der Waals surface area contributed by atoms with E-state index < -0.39 is 0 Å². The molecule has 506 valence electrons. The Morgan fingerprint density at radius 2 is 0.744 bits per heavy atom. The Bertz CT molecular complexity index is 1360. The van der Waals surface area contributed by atoms with Crippen molar-refractivity contribution in [3.63, 3.8) is 0 Å². The van der Waals surface area contributed by atoms with E-state index in [4.69, 9.17) is 0 Å². The molecule has 10 rings (SSSR count). The zero-order valence-electron chi connectivity index (χ0n) is 62.3. The topological polar surface area (TPSA) is 87.3 Å². The molecule has 16 heteroatoms. The summed E-state index contributed by atoms with van der Waals surface area (Å²) in [7, 11) is 0. The molecule has 10 aliphatic rings. The van der Waals surface area contributed by atoms with Crippen molar-refractivity contribution in [3.05, 3.63) is 75.1 Å². The van der Waals surface area contributed by atoms with E-state index >= 15 is 0 Å². The van der Waals surface area contributed by atoms with Gasteiger partial charge in [0.15, 0.2) is 0 Å². The fraction of sp³-hybridized carbons (Fsp3) is 0.851. The van der Waals surface area contributed by atoms with Gasteiger partial charge < -0.3 is 49.4 Å². The van der Waals surface area contributed by atoms with Crippen LogP contribution >= 0.6 is 0 Å². The molecule has 0 aromatic carbocycles. The smallest absolute Gasteiger partial charge is 0.662 e. The molecule has 0 aliphatic carbocycles. The largest absolute Gasteiger partial charge is 1.00 e. The van der Waals surface area contributed by atoms with Crippen LogP contribution in [0.3, 0.4) is 0 Å². The maximum Gasteiger partial charge on any atom is 1.00 e. The van der Waals surface area contributed by atoms with Crippen LogP contribution in [0.1, 0.15) is 247 Å². The van der Waals surface area contributed by atoms with Gasteiger partial charge in [0, 0.05) is 69.7 Å². The Kier molecular flexibility index (Phi) is 77.6. The predicted octanol–water partition coefficient (Wildman–Crippen LogP) is 4.77. The minimum Gasteiger partial charge on any atom is -0.662 e. The first-order chi connectivity index (χ1) is 42.3. The molecular weight excluding hydrogens is 1080 g/mol. The van der Waals surface area contributed by atoms with Crippen molar-refractivity contribution in [1.82, 2.24) is 45.3 Å². The summed E-state index contributed by atoms with van der Waals surface area (Å²) in [6.45, 7) is 58.9. The van der Waals surface area contributed by atoms with Crippen molar-refractivity contribution in [1.29, 1.82) is 0 Å². The van der Waals surface area contributed by atoms with Gasteiger partial charge in [0.05, 0.1) is 6.17 Å². The van der Waals surface area contributed by atoms with Gasteiger partial charge in [0.2, 0.25) is 0 Å². The second-order valence-corrected chi connectivity index (χ2v) is 25.3. The van der Waals surface area contributed by atoms with Crippen LogP contribution in [-0.4, -0.2) is 202 Å². The molecule has 1 unspecified atom stereocenters.